The molecule has 0 aliphatic heterocycles. The van der Waals surface area contributed by atoms with Gasteiger partial charge in [0.25, 0.3) is 5.24 Å². The van der Waals surface area contributed by atoms with Crippen molar-refractivity contribution in [3.63, 3.8) is 0 Å². The van der Waals surface area contributed by atoms with Crippen LogP contribution in [0.25, 0.3) is 0 Å². The largest absolute Gasteiger partial charge is 0.507 e. The van der Waals surface area contributed by atoms with E-state index in [9.17, 15) is 4.79 Å². The lowest BCUT2D eigenvalue weighted by atomic mass is 10.2. The van der Waals surface area contributed by atoms with E-state index in [2.05, 4.69) is 15.9 Å². The lowest BCUT2D eigenvalue weighted by molar-refractivity contribution is 0.107. The second-order valence-corrected chi connectivity index (χ2v) is 3.11. The number of rotatable bonds is 1. The fourth-order valence-electron chi connectivity index (χ4n) is 0.707. The van der Waals surface area contributed by atoms with Gasteiger partial charge in [0.05, 0.1) is 5.56 Å². The van der Waals surface area contributed by atoms with Crippen LogP contribution >= 0.6 is 27.5 Å². The van der Waals surface area contributed by atoms with Crippen molar-refractivity contribution in [1.82, 2.24) is 0 Å². The second-order valence-electron chi connectivity index (χ2n) is 1.91. The Labute approximate surface area is 76.9 Å². The summed E-state index contributed by atoms with van der Waals surface area (Å²) in [5, 5.41) is 8.46. The van der Waals surface area contributed by atoms with E-state index in [0.717, 1.165) is 0 Å². The molecule has 1 N–H and O–H groups in total. The van der Waals surface area contributed by atoms with E-state index >= 15 is 0 Å². The topological polar surface area (TPSA) is 37.3 Å². The Morgan fingerprint density at radius 2 is 2.18 bits per heavy atom. The van der Waals surface area contributed by atoms with Crippen molar-refractivity contribution < 1.29 is 9.90 Å². The summed E-state index contributed by atoms with van der Waals surface area (Å²) in [6.45, 7) is 0. The van der Waals surface area contributed by atoms with Crippen LogP contribution in [0.4, 0.5) is 0 Å². The van der Waals surface area contributed by atoms with Crippen LogP contribution in [0.3, 0.4) is 0 Å². The van der Waals surface area contributed by atoms with Crippen LogP contribution in [0, 0.1) is 0 Å². The summed E-state index contributed by atoms with van der Waals surface area (Å²) in [5.74, 6) is -0.112. The van der Waals surface area contributed by atoms with Gasteiger partial charge in [-0.05, 0) is 39.7 Å². The Balaban J connectivity index is 3.32. The zero-order valence-electron chi connectivity index (χ0n) is 5.34. The molecule has 0 aromatic heterocycles. The Morgan fingerprint density at radius 1 is 1.55 bits per heavy atom. The highest BCUT2D eigenvalue weighted by atomic mass is 79.9. The van der Waals surface area contributed by atoms with Gasteiger partial charge in [0.15, 0.2) is 0 Å². The van der Waals surface area contributed by atoms with Crippen LogP contribution < -0.4 is 0 Å². The smallest absolute Gasteiger partial charge is 0.257 e. The van der Waals surface area contributed by atoms with Crippen LogP contribution in [0.15, 0.2) is 22.7 Å². The number of carbonyl (C=O) groups is 1. The molecular weight excluding hydrogens is 231 g/mol. The molecule has 1 aromatic carbocycles. The molecule has 1 aromatic rings. The van der Waals surface area contributed by atoms with Crippen LogP contribution in [-0.4, -0.2) is 10.3 Å². The number of aromatic hydroxyl groups is 1. The third-order valence-corrected chi connectivity index (χ3v) is 2.04. The number of hydrogen-bond donors (Lipinski definition) is 1. The van der Waals surface area contributed by atoms with Gasteiger partial charge in [-0.1, -0.05) is 6.07 Å². The van der Waals surface area contributed by atoms with Gasteiger partial charge >= 0.3 is 0 Å². The Morgan fingerprint density at radius 3 is 2.55 bits per heavy atom. The van der Waals surface area contributed by atoms with Gasteiger partial charge in [0.2, 0.25) is 0 Å². The predicted octanol–water partition coefficient (Wildman–Crippen LogP) is 2.53. The molecule has 1 rings (SSSR count). The van der Waals surface area contributed by atoms with E-state index in [1.165, 1.54) is 6.07 Å². The van der Waals surface area contributed by atoms with Crippen molar-refractivity contribution in [2.75, 3.05) is 0 Å². The molecular formula is C7H4BrClO2. The fraction of sp³-hybridized carbons (Fsp3) is 0. The maximum atomic E-state index is 10.7. The zero-order valence-corrected chi connectivity index (χ0v) is 7.69. The van der Waals surface area contributed by atoms with Crippen LogP contribution in [0.1, 0.15) is 10.4 Å². The van der Waals surface area contributed by atoms with Crippen LogP contribution in [0.2, 0.25) is 0 Å². The van der Waals surface area contributed by atoms with Crippen molar-refractivity contribution in [2.45, 2.75) is 0 Å². The SMILES string of the molecule is O=C(Cl)c1c(O)cccc1Br. The lowest BCUT2D eigenvalue weighted by Crippen LogP contribution is -1.90. The summed E-state index contributed by atoms with van der Waals surface area (Å²) >= 11 is 8.27. The first-order valence-electron chi connectivity index (χ1n) is 2.80. The number of phenolic OH excluding ortho intramolecular Hbond substituents is 1. The maximum Gasteiger partial charge on any atom is 0.257 e. The average Bonchev–Trinajstić information content (AvgIpc) is 1.85. The third-order valence-electron chi connectivity index (χ3n) is 1.19. The van der Waals surface area contributed by atoms with Crippen molar-refractivity contribution in [1.29, 1.82) is 0 Å². The predicted molar refractivity (Wildman–Crippen MR) is 46.0 cm³/mol. The van der Waals surface area contributed by atoms with Gasteiger partial charge < -0.3 is 5.11 Å². The standard InChI is InChI=1S/C7H4BrClO2/c8-4-2-1-3-5(10)6(4)7(9)11/h1-3,10H. The molecule has 0 radical (unpaired) electrons. The molecule has 0 heterocycles. The van der Waals surface area contributed by atoms with E-state index in [1.807, 2.05) is 0 Å². The van der Waals surface area contributed by atoms with Gasteiger partial charge in [0.1, 0.15) is 5.75 Å². The third kappa shape index (κ3) is 1.73. The van der Waals surface area contributed by atoms with E-state index in [-0.39, 0.29) is 11.3 Å². The van der Waals surface area contributed by atoms with Gasteiger partial charge in [-0.15, -0.1) is 0 Å². The van der Waals surface area contributed by atoms with E-state index < -0.39 is 5.24 Å². The molecule has 0 bridgehead atoms. The molecule has 0 spiro atoms. The quantitative estimate of drug-likeness (QED) is 0.760. The molecule has 0 atom stereocenters. The Hall–Kier alpha value is -0.540. The van der Waals surface area contributed by atoms with Crippen molar-refractivity contribution in [3.05, 3.63) is 28.2 Å². The highest BCUT2D eigenvalue weighted by molar-refractivity contribution is 9.10. The van der Waals surface area contributed by atoms with E-state index in [4.69, 9.17) is 16.7 Å². The number of benzene rings is 1. The molecule has 11 heavy (non-hydrogen) atoms. The van der Waals surface area contributed by atoms with Gasteiger partial charge in [-0.2, -0.15) is 0 Å². The Kier molecular flexibility index (Phi) is 2.52. The summed E-state index contributed by atoms with van der Waals surface area (Å²) in [6.07, 6.45) is 0. The number of hydrogen-bond acceptors (Lipinski definition) is 2. The first-order valence-corrected chi connectivity index (χ1v) is 3.97. The van der Waals surface area contributed by atoms with Crippen LogP contribution in [0.5, 0.6) is 5.75 Å². The van der Waals surface area contributed by atoms with Gasteiger partial charge in [0, 0.05) is 4.47 Å². The molecule has 0 saturated carbocycles. The Bertz CT molecular complexity index is 278. The molecule has 4 heteroatoms. The van der Waals surface area contributed by atoms with Crippen molar-refractivity contribution in [3.8, 4) is 5.75 Å². The first-order chi connectivity index (χ1) is 5.13. The van der Waals surface area contributed by atoms with Crippen molar-refractivity contribution >= 4 is 32.8 Å². The average molecular weight is 235 g/mol. The van der Waals surface area contributed by atoms with Gasteiger partial charge in [-0.3, -0.25) is 4.79 Å². The summed E-state index contributed by atoms with van der Waals surface area (Å²) in [6, 6.07) is 4.65. The molecule has 0 fully saturated rings. The van der Waals surface area contributed by atoms with Gasteiger partial charge in [-0.25, -0.2) is 0 Å². The molecule has 0 amide bonds. The summed E-state index contributed by atoms with van der Waals surface area (Å²) in [7, 11) is 0. The monoisotopic (exact) mass is 234 g/mol. The summed E-state index contributed by atoms with van der Waals surface area (Å²) in [4.78, 5) is 10.7. The number of halogens is 2. The van der Waals surface area contributed by atoms with E-state index in [1.54, 1.807) is 12.1 Å². The maximum absolute atomic E-state index is 10.7. The molecule has 0 aliphatic rings. The second kappa shape index (κ2) is 3.24. The van der Waals surface area contributed by atoms with Crippen LogP contribution in [-0.2, 0) is 0 Å². The minimum Gasteiger partial charge on any atom is -0.507 e. The number of phenols is 1. The molecule has 0 unspecified atom stereocenters. The minimum atomic E-state index is -0.671. The summed E-state index contributed by atoms with van der Waals surface area (Å²) in [5.41, 5.74) is 0.106. The van der Waals surface area contributed by atoms with Crippen molar-refractivity contribution in [2.24, 2.45) is 0 Å². The first kappa shape index (κ1) is 8.56. The molecule has 0 saturated heterocycles. The summed E-state index contributed by atoms with van der Waals surface area (Å²) < 4.78 is 0.498. The zero-order chi connectivity index (χ0) is 8.43. The lowest BCUT2D eigenvalue weighted by Gasteiger charge is -1.99. The highest BCUT2D eigenvalue weighted by Crippen LogP contribution is 2.26. The highest BCUT2D eigenvalue weighted by Gasteiger charge is 2.11. The molecule has 0 aliphatic carbocycles. The molecule has 58 valence electrons. The number of carbonyl (C=O) groups excluding carboxylic acids is 1. The minimum absolute atomic E-state index is 0.106. The normalized spacial score (nSPS) is 9.64. The molecule has 2 nitrogen and oxygen atoms in total. The fourth-order valence-corrected chi connectivity index (χ4v) is 1.56. The van der Waals surface area contributed by atoms with E-state index in [0.29, 0.717) is 4.47 Å².